The number of Topliss-reactive ketones (excluding diaryl/α,β-unsaturated/α-hetero) is 1. The Morgan fingerprint density at radius 1 is 0.848 bits per heavy atom. The Bertz CT molecular complexity index is 867. The third-order valence-corrected chi connectivity index (χ3v) is 4.58. The fourth-order valence-corrected chi connectivity index (χ4v) is 2.93. The van der Waals surface area contributed by atoms with Crippen LogP contribution in [0.2, 0.25) is 0 Å². The highest BCUT2D eigenvalue weighted by Gasteiger charge is 2.27. The number of benzene rings is 1. The van der Waals surface area contributed by atoms with Gasteiger partial charge in [-0.2, -0.15) is 0 Å². The van der Waals surface area contributed by atoms with Gasteiger partial charge in [-0.15, -0.1) is 0 Å². The zero-order valence-electron chi connectivity index (χ0n) is 19.7. The number of rotatable bonds is 13. The van der Waals surface area contributed by atoms with Gasteiger partial charge >= 0.3 is 0 Å². The molecule has 1 aromatic rings. The average Bonchev–Trinajstić information content (AvgIpc) is 2.75. The molecule has 0 aliphatic heterocycles. The lowest BCUT2D eigenvalue weighted by atomic mass is 10.0. The zero-order valence-corrected chi connectivity index (χ0v) is 19.7. The van der Waals surface area contributed by atoms with E-state index >= 15 is 0 Å². The van der Waals surface area contributed by atoms with Crippen molar-refractivity contribution in [1.82, 2.24) is 21.3 Å². The molecule has 0 bridgehead atoms. The first-order valence-corrected chi connectivity index (χ1v) is 10.8. The molecule has 180 valence electrons. The number of carbonyl (C=O) groups excluding carboxylic acids is 5. The lowest BCUT2D eigenvalue weighted by Crippen LogP contribution is -2.56. The molecule has 9 heteroatoms. The lowest BCUT2D eigenvalue weighted by molar-refractivity contribution is -0.132. The second-order valence-electron chi connectivity index (χ2n) is 8.38. The summed E-state index contributed by atoms with van der Waals surface area (Å²) in [7, 11) is 0. The van der Waals surface area contributed by atoms with Crippen LogP contribution >= 0.6 is 0 Å². The SMILES string of the molecule is C=C(C)C(=O)NCC(=O)NC(Cc1ccccc1)C(=O)NC(CC(C)C)C(=O)NCC(C)=O. The van der Waals surface area contributed by atoms with Crippen LogP contribution in [-0.2, 0) is 30.4 Å². The van der Waals surface area contributed by atoms with Crippen molar-refractivity contribution in [2.75, 3.05) is 13.1 Å². The molecule has 2 atom stereocenters. The van der Waals surface area contributed by atoms with E-state index in [2.05, 4.69) is 27.8 Å². The minimum atomic E-state index is -0.975. The van der Waals surface area contributed by atoms with Gasteiger partial charge in [0.25, 0.3) is 0 Å². The quantitative estimate of drug-likeness (QED) is 0.322. The van der Waals surface area contributed by atoms with Crippen molar-refractivity contribution < 1.29 is 24.0 Å². The van der Waals surface area contributed by atoms with Crippen LogP contribution < -0.4 is 21.3 Å². The number of nitrogens with one attached hydrogen (secondary N) is 4. The van der Waals surface area contributed by atoms with Crippen molar-refractivity contribution >= 4 is 29.4 Å². The second kappa shape index (κ2) is 13.8. The van der Waals surface area contributed by atoms with Crippen molar-refractivity contribution in [3.05, 3.63) is 48.0 Å². The monoisotopic (exact) mass is 458 g/mol. The maximum atomic E-state index is 13.1. The first-order chi connectivity index (χ1) is 15.5. The predicted octanol–water partition coefficient (Wildman–Crippen LogP) is 0.642. The highest BCUT2D eigenvalue weighted by atomic mass is 16.2. The third kappa shape index (κ3) is 11.1. The summed E-state index contributed by atoms with van der Waals surface area (Å²) in [5.74, 6) is -2.13. The molecule has 0 saturated heterocycles. The van der Waals surface area contributed by atoms with Gasteiger partial charge in [0, 0.05) is 12.0 Å². The van der Waals surface area contributed by atoms with Crippen LogP contribution in [0.15, 0.2) is 42.5 Å². The average molecular weight is 459 g/mol. The smallest absolute Gasteiger partial charge is 0.246 e. The lowest BCUT2D eigenvalue weighted by Gasteiger charge is -2.24. The molecule has 0 fully saturated rings. The largest absolute Gasteiger partial charge is 0.347 e. The Labute approximate surface area is 194 Å². The van der Waals surface area contributed by atoms with Gasteiger partial charge in [-0.1, -0.05) is 50.8 Å². The molecule has 0 aliphatic rings. The van der Waals surface area contributed by atoms with Crippen molar-refractivity contribution in [3.8, 4) is 0 Å². The molecule has 0 aromatic heterocycles. The summed E-state index contributed by atoms with van der Waals surface area (Å²) in [5.41, 5.74) is 1.07. The minimum absolute atomic E-state index is 0.0953. The van der Waals surface area contributed by atoms with Crippen molar-refractivity contribution in [1.29, 1.82) is 0 Å². The summed E-state index contributed by atoms with van der Waals surface area (Å²) >= 11 is 0. The molecule has 1 rings (SSSR count). The predicted molar refractivity (Wildman–Crippen MR) is 125 cm³/mol. The number of carbonyl (C=O) groups is 5. The van der Waals surface area contributed by atoms with Crippen molar-refractivity contribution in [2.45, 2.75) is 52.6 Å². The second-order valence-corrected chi connectivity index (χ2v) is 8.38. The van der Waals surface area contributed by atoms with E-state index in [0.29, 0.717) is 6.42 Å². The molecule has 0 aliphatic carbocycles. The van der Waals surface area contributed by atoms with Gasteiger partial charge in [0.05, 0.1) is 13.1 Å². The van der Waals surface area contributed by atoms with Crippen LogP contribution in [0.4, 0.5) is 0 Å². The number of amides is 4. The first kappa shape index (κ1) is 27.5. The number of hydrogen-bond acceptors (Lipinski definition) is 5. The van der Waals surface area contributed by atoms with E-state index in [4.69, 9.17) is 0 Å². The van der Waals surface area contributed by atoms with E-state index in [9.17, 15) is 24.0 Å². The fourth-order valence-electron chi connectivity index (χ4n) is 2.93. The van der Waals surface area contributed by atoms with Crippen molar-refractivity contribution in [2.24, 2.45) is 5.92 Å². The molecule has 0 radical (unpaired) electrons. The van der Waals surface area contributed by atoms with Gasteiger partial charge in [-0.25, -0.2) is 0 Å². The molecule has 4 N–H and O–H groups in total. The first-order valence-electron chi connectivity index (χ1n) is 10.8. The van der Waals surface area contributed by atoms with Crippen LogP contribution in [0.1, 0.15) is 39.7 Å². The van der Waals surface area contributed by atoms with E-state index in [1.165, 1.54) is 13.8 Å². The summed E-state index contributed by atoms with van der Waals surface area (Å²) in [6.45, 7) is 9.75. The molecule has 0 saturated carbocycles. The van der Waals surface area contributed by atoms with Gasteiger partial charge in [-0.3, -0.25) is 24.0 Å². The molecular weight excluding hydrogens is 424 g/mol. The summed E-state index contributed by atoms with van der Waals surface area (Å²) in [5, 5.41) is 10.3. The third-order valence-electron chi connectivity index (χ3n) is 4.58. The van der Waals surface area contributed by atoms with Gasteiger partial charge in [-0.05, 0) is 31.7 Å². The van der Waals surface area contributed by atoms with Crippen LogP contribution in [0, 0.1) is 5.92 Å². The van der Waals surface area contributed by atoms with Gasteiger partial charge in [0.2, 0.25) is 23.6 Å². The molecule has 33 heavy (non-hydrogen) atoms. The van der Waals surface area contributed by atoms with Gasteiger partial charge < -0.3 is 21.3 Å². The van der Waals surface area contributed by atoms with E-state index in [1.807, 2.05) is 44.2 Å². The number of ketones is 1. The molecule has 0 heterocycles. The summed E-state index contributed by atoms with van der Waals surface area (Å²) in [6.07, 6.45) is 0.548. The maximum absolute atomic E-state index is 13.1. The Kier molecular flexibility index (Phi) is 11.5. The number of hydrogen-bond donors (Lipinski definition) is 4. The molecule has 4 amide bonds. The maximum Gasteiger partial charge on any atom is 0.246 e. The standard InChI is InChI=1S/C24H34N4O5/c1-15(2)11-19(23(32)25-13-17(5)29)28-24(33)20(12-18-9-7-6-8-10-18)27-21(30)14-26-22(31)16(3)4/h6-10,15,19-20H,3,11-14H2,1-2,4-5H3,(H,25,32)(H,26,31)(H,27,30)(H,28,33). The molecule has 9 nitrogen and oxygen atoms in total. The molecule has 0 spiro atoms. The molecular formula is C24H34N4O5. The Hall–Kier alpha value is -3.49. The topological polar surface area (TPSA) is 133 Å². The molecule has 2 unspecified atom stereocenters. The van der Waals surface area contributed by atoms with E-state index in [0.717, 1.165) is 5.56 Å². The highest BCUT2D eigenvalue weighted by Crippen LogP contribution is 2.08. The van der Waals surface area contributed by atoms with E-state index in [-0.39, 0.29) is 36.8 Å². The fraction of sp³-hybridized carbons (Fsp3) is 0.458. The Morgan fingerprint density at radius 2 is 1.48 bits per heavy atom. The van der Waals surface area contributed by atoms with Crippen LogP contribution in [-0.4, -0.2) is 54.6 Å². The van der Waals surface area contributed by atoms with Crippen LogP contribution in [0.5, 0.6) is 0 Å². The van der Waals surface area contributed by atoms with Gasteiger partial charge in [0.1, 0.15) is 17.9 Å². The van der Waals surface area contributed by atoms with Crippen molar-refractivity contribution in [3.63, 3.8) is 0 Å². The Morgan fingerprint density at radius 3 is 2.03 bits per heavy atom. The summed E-state index contributed by atoms with van der Waals surface area (Å²) in [4.78, 5) is 60.9. The van der Waals surface area contributed by atoms with Crippen LogP contribution in [0.3, 0.4) is 0 Å². The van der Waals surface area contributed by atoms with E-state index in [1.54, 1.807) is 0 Å². The zero-order chi connectivity index (χ0) is 25.0. The van der Waals surface area contributed by atoms with Crippen LogP contribution in [0.25, 0.3) is 0 Å². The summed E-state index contributed by atoms with van der Waals surface area (Å²) in [6, 6.07) is 7.27. The summed E-state index contributed by atoms with van der Waals surface area (Å²) < 4.78 is 0. The normalized spacial score (nSPS) is 12.3. The molecule has 1 aromatic carbocycles. The van der Waals surface area contributed by atoms with Gasteiger partial charge in [0.15, 0.2) is 0 Å². The highest BCUT2D eigenvalue weighted by molar-refractivity contribution is 5.96. The minimum Gasteiger partial charge on any atom is -0.347 e. The van der Waals surface area contributed by atoms with E-state index < -0.39 is 35.7 Å². The Balaban J connectivity index is 2.96.